The number of carbonyl (C=O) groups excluding carboxylic acids is 3. The molecule has 3 atom stereocenters. The minimum absolute atomic E-state index is 0.0980. The van der Waals surface area contributed by atoms with Crippen LogP contribution < -0.4 is 15.5 Å². The molecular weight excluding hydrogens is 474 g/mol. The van der Waals surface area contributed by atoms with Crippen LogP contribution in [0.15, 0.2) is 42.5 Å². The Hall–Kier alpha value is -4.02. The van der Waals surface area contributed by atoms with E-state index in [1.807, 2.05) is 0 Å². The van der Waals surface area contributed by atoms with Crippen molar-refractivity contribution >= 4 is 35.2 Å². The highest BCUT2D eigenvalue weighted by atomic mass is 19.1. The molecule has 2 aromatic rings. The van der Waals surface area contributed by atoms with Gasteiger partial charge in [0.2, 0.25) is 11.8 Å². The first kappa shape index (κ1) is 26.6. The predicted octanol–water partition coefficient (Wildman–Crippen LogP) is 3.00. The first-order valence-electron chi connectivity index (χ1n) is 11.4. The second kappa shape index (κ2) is 10.7. The topological polar surface area (TPSA) is 119 Å². The van der Waals surface area contributed by atoms with Crippen LogP contribution in [-0.2, 0) is 20.8 Å². The van der Waals surface area contributed by atoms with Crippen LogP contribution in [0.2, 0.25) is 0 Å². The standard InChI is InChI=1S/C25H28F2N4O5/c1-13(2)20(28-22(32)14(3)30(4)25(35)36)24(34)31-18-11-6-5-8-15(18)12-19(31)23(33)29-21-16(26)9-7-10-17(21)27/h5-11,13-14,19-20H,12H2,1-4H3,(H,28,32)(H,29,33)(H,35,36)/t14?,19-,20-/m0/s1. The second-order valence-electron chi connectivity index (χ2n) is 8.94. The number of hydrogen-bond donors (Lipinski definition) is 3. The molecule has 1 unspecified atom stereocenters. The zero-order chi connectivity index (χ0) is 26.7. The zero-order valence-corrected chi connectivity index (χ0v) is 20.3. The fourth-order valence-electron chi connectivity index (χ4n) is 3.97. The van der Waals surface area contributed by atoms with Gasteiger partial charge in [0.15, 0.2) is 0 Å². The van der Waals surface area contributed by atoms with Crippen molar-refractivity contribution < 1.29 is 33.1 Å². The summed E-state index contributed by atoms with van der Waals surface area (Å²) in [5, 5.41) is 14.0. The van der Waals surface area contributed by atoms with Crippen molar-refractivity contribution in [2.24, 2.45) is 5.92 Å². The van der Waals surface area contributed by atoms with Gasteiger partial charge in [0.05, 0.1) is 0 Å². The summed E-state index contributed by atoms with van der Waals surface area (Å²) in [5.41, 5.74) is 0.491. The molecule has 3 rings (SSSR count). The highest BCUT2D eigenvalue weighted by Gasteiger charge is 2.42. The van der Waals surface area contributed by atoms with E-state index in [2.05, 4.69) is 10.6 Å². The van der Waals surface area contributed by atoms with Gasteiger partial charge < -0.3 is 15.7 Å². The maximum Gasteiger partial charge on any atom is 0.407 e. The van der Waals surface area contributed by atoms with E-state index in [-0.39, 0.29) is 6.42 Å². The van der Waals surface area contributed by atoms with Crippen molar-refractivity contribution in [1.82, 2.24) is 10.2 Å². The lowest BCUT2D eigenvalue weighted by Crippen LogP contribution is -2.58. The Labute approximate surface area is 207 Å². The van der Waals surface area contributed by atoms with Gasteiger partial charge in [0, 0.05) is 19.2 Å². The molecule has 0 aliphatic carbocycles. The van der Waals surface area contributed by atoms with Gasteiger partial charge in [-0.25, -0.2) is 13.6 Å². The molecular formula is C25H28F2N4O5. The van der Waals surface area contributed by atoms with E-state index < -0.39 is 65.2 Å². The number of fused-ring (bicyclic) bond motifs is 1. The van der Waals surface area contributed by atoms with Crippen LogP contribution in [0.1, 0.15) is 26.3 Å². The smallest absolute Gasteiger partial charge is 0.407 e. The third kappa shape index (κ3) is 5.29. The average molecular weight is 503 g/mol. The minimum atomic E-state index is -1.31. The first-order valence-corrected chi connectivity index (χ1v) is 11.4. The lowest BCUT2D eigenvalue weighted by Gasteiger charge is -2.32. The molecule has 0 spiro atoms. The second-order valence-corrected chi connectivity index (χ2v) is 8.94. The van der Waals surface area contributed by atoms with Crippen molar-refractivity contribution in [2.75, 3.05) is 17.3 Å². The number of hydrogen-bond acceptors (Lipinski definition) is 4. The third-order valence-electron chi connectivity index (χ3n) is 6.22. The van der Waals surface area contributed by atoms with Crippen molar-refractivity contribution in [3.8, 4) is 0 Å². The van der Waals surface area contributed by atoms with Crippen LogP contribution in [-0.4, -0.2) is 59.0 Å². The molecule has 1 aliphatic heterocycles. The summed E-state index contributed by atoms with van der Waals surface area (Å²) in [4.78, 5) is 53.0. The molecule has 1 aliphatic rings. The molecule has 11 heteroatoms. The highest BCUT2D eigenvalue weighted by molar-refractivity contribution is 6.09. The molecule has 0 saturated carbocycles. The van der Waals surface area contributed by atoms with E-state index in [0.717, 1.165) is 17.0 Å². The van der Waals surface area contributed by atoms with E-state index in [0.29, 0.717) is 11.3 Å². The zero-order valence-electron chi connectivity index (χ0n) is 20.3. The summed E-state index contributed by atoms with van der Waals surface area (Å²) < 4.78 is 28.3. The molecule has 192 valence electrons. The van der Waals surface area contributed by atoms with E-state index >= 15 is 0 Å². The summed E-state index contributed by atoms with van der Waals surface area (Å²) in [6.45, 7) is 4.77. The Balaban J connectivity index is 1.92. The van der Waals surface area contributed by atoms with Crippen LogP contribution in [0, 0.1) is 17.6 Å². The fraction of sp³-hybridized carbons (Fsp3) is 0.360. The largest absolute Gasteiger partial charge is 0.465 e. The molecule has 0 fully saturated rings. The van der Waals surface area contributed by atoms with Gasteiger partial charge in [0.25, 0.3) is 5.91 Å². The Kier molecular flexibility index (Phi) is 7.91. The summed E-state index contributed by atoms with van der Waals surface area (Å²) in [6, 6.07) is 6.66. The average Bonchev–Trinajstić information content (AvgIpc) is 3.22. The van der Waals surface area contributed by atoms with Crippen molar-refractivity contribution in [2.45, 2.75) is 45.3 Å². The molecule has 4 amide bonds. The monoisotopic (exact) mass is 502 g/mol. The summed E-state index contributed by atoms with van der Waals surface area (Å²) in [5.74, 6) is -4.43. The van der Waals surface area contributed by atoms with Crippen LogP contribution in [0.5, 0.6) is 0 Å². The summed E-state index contributed by atoms with van der Waals surface area (Å²) in [6.07, 6.45) is -1.21. The first-order chi connectivity index (χ1) is 16.9. The molecule has 0 aromatic heterocycles. The molecule has 0 radical (unpaired) electrons. The van der Waals surface area contributed by atoms with E-state index in [4.69, 9.17) is 5.11 Å². The van der Waals surface area contributed by atoms with E-state index in [1.165, 1.54) is 24.9 Å². The number of halogens is 2. The number of benzene rings is 2. The number of nitrogens with one attached hydrogen (secondary N) is 2. The minimum Gasteiger partial charge on any atom is -0.465 e. The number of carbonyl (C=O) groups is 4. The van der Waals surface area contributed by atoms with E-state index in [1.54, 1.807) is 38.1 Å². The van der Waals surface area contributed by atoms with Crippen molar-refractivity contribution in [1.29, 1.82) is 0 Å². The van der Waals surface area contributed by atoms with Crippen LogP contribution in [0.25, 0.3) is 0 Å². The van der Waals surface area contributed by atoms with Crippen molar-refractivity contribution in [3.05, 3.63) is 59.7 Å². The van der Waals surface area contributed by atoms with Gasteiger partial charge in [0.1, 0.15) is 35.4 Å². The number of rotatable bonds is 7. The highest BCUT2D eigenvalue weighted by Crippen LogP contribution is 2.34. The molecule has 2 aromatic carbocycles. The lowest BCUT2D eigenvalue weighted by molar-refractivity contribution is -0.131. The van der Waals surface area contributed by atoms with E-state index in [9.17, 15) is 28.0 Å². The molecule has 9 nitrogen and oxygen atoms in total. The van der Waals surface area contributed by atoms with Gasteiger partial charge in [-0.1, -0.05) is 38.1 Å². The molecule has 3 N–H and O–H groups in total. The van der Waals surface area contributed by atoms with Crippen LogP contribution >= 0.6 is 0 Å². The maximum absolute atomic E-state index is 14.2. The number of carboxylic acid groups (broad SMARTS) is 1. The molecule has 0 bridgehead atoms. The molecule has 0 saturated heterocycles. The van der Waals surface area contributed by atoms with Gasteiger partial charge in [-0.15, -0.1) is 0 Å². The van der Waals surface area contributed by atoms with Gasteiger partial charge in [-0.3, -0.25) is 24.2 Å². The van der Waals surface area contributed by atoms with Crippen molar-refractivity contribution in [3.63, 3.8) is 0 Å². The molecule has 1 heterocycles. The SMILES string of the molecule is CC(C)[C@H](NC(=O)C(C)N(C)C(=O)O)C(=O)N1c2ccccc2C[C@H]1C(=O)Nc1c(F)cccc1F. The van der Waals surface area contributed by atoms with Crippen LogP contribution in [0.3, 0.4) is 0 Å². The van der Waals surface area contributed by atoms with Gasteiger partial charge >= 0.3 is 6.09 Å². The number of nitrogens with zero attached hydrogens (tertiary/aromatic N) is 2. The summed E-state index contributed by atoms with van der Waals surface area (Å²) in [7, 11) is 1.23. The number of amides is 4. The Morgan fingerprint density at radius 3 is 2.22 bits per heavy atom. The Morgan fingerprint density at radius 2 is 1.64 bits per heavy atom. The quantitative estimate of drug-likeness (QED) is 0.538. The number of para-hydroxylation sites is 2. The normalized spacial score (nSPS) is 16.2. The maximum atomic E-state index is 14.2. The number of anilines is 2. The van der Waals surface area contributed by atoms with Gasteiger partial charge in [-0.2, -0.15) is 0 Å². The predicted molar refractivity (Wildman–Crippen MR) is 128 cm³/mol. The summed E-state index contributed by atoms with van der Waals surface area (Å²) >= 11 is 0. The fourth-order valence-corrected chi connectivity index (χ4v) is 3.97. The number of likely N-dealkylation sites (N-methyl/N-ethyl adjacent to an activating group) is 1. The molecule has 36 heavy (non-hydrogen) atoms. The van der Waals surface area contributed by atoms with Crippen LogP contribution in [0.4, 0.5) is 25.0 Å². The Morgan fingerprint density at radius 1 is 1.03 bits per heavy atom. The lowest BCUT2D eigenvalue weighted by atomic mass is 10.0. The van der Waals surface area contributed by atoms with Gasteiger partial charge in [-0.05, 0) is 36.6 Å². The Bertz CT molecular complexity index is 1170. The third-order valence-corrected chi connectivity index (χ3v) is 6.22.